The molecule has 0 spiro atoms. The maximum atomic E-state index is 12.4. The largest absolute Gasteiger partial charge is 0.312 e. The SMILES string of the molecule is CNN=C(C(=O)c1ccccc1)c1ccccc1. The van der Waals surface area contributed by atoms with Crippen LogP contribution in [0.1, 0.15) is 15.9 Å². The van der Waals surface area contributed by atoms with Gasteiger partial charge in [0.25, 0.3) is 0 Å². The van der Waals surface area contributed by atoms with E-state index in [1.807, 2.05) is 48.5 Å². The van der Waals surface area contributed by atoms with Crippen molar-refractivity contribution < 1.29 is 4.79 Å². The maximum absolute atomic E-state index is 12.4. The van der Waals surface area contributed by atoms with Crippen molar-refractivity contribution in [1.29, 1.82) is 0 Å². The molecule has 0 unspecified atom stereocenters. The van der Waals surface area contributed by atoms with Gasteiger partial charge in [-0.25, -0.2) is 0 Å². The summed E-state index contributed by atoms with van der Waals surface area (Å²) in [7, 11) is 1.68. The first-order valence-corrected chi connectivity index (χ1v) is 5.72. The molecule has 0 aromatic heterocycles. The van der Waals surface area contributed by atoms with Gasteiger partial charge in [-0.2, -0.15) is 5.10 Å². The van der Waals surface area contributed by atoms with Crippen molar-refractivity contribution in [3.63, 3.8) is 0 Å². The Morgan fingerprint density at radius 3 is 1.89 bits per heavy atom. The van der Waals surface area contributed by atoms with Crippen molar-refractivity contribution in [2.45, 2.75) is 0 Å². The van der Waals surface area contributed by atoms with Crippen LogP contribution in [0.3, 0.4) is 0 Å². The second-order valence-corrected chi connectivity index (χ2v) is 3.75. The van der Waals surface area contributed by atoms with Crippen molar-refractivity contribution >= 4 is 11.5 Å². The number of carbonyl (C=O) groups is 1. The van der Waals surface area contributed by atoms with E-state index in [-0.39, 0.29) is 5.78 Å². The topological polar surface area (TPSA) is 41.5 Å². The van der Waals surface area contributed by atoms with Gasteiger partial charge in [-0.05, 0) is 0 Å². The van der Waals surface area contributed by atoms with Gasteiger partial charge in [0.1, 0.15) is 5.71 Å². The van der Waals surface area contributed by atoms with Gasteiger partial charge in [0.15, 0.2) is 0 Å². The fourth-order valence-corrected chi connectivity index (χ4v) is 1.68. The zero-order valence-corrected chi connectivity index (χ0v) is 10.1. The van der Waals surface area contributed by atoms with Crippen LogP contribution < -0.4 is 5.43 Å². The normalized spacial score (nSPS) is 11.1. The van der Waals surface area contributed by atoms with E-state index in [9.17, 15) is 4.79 Å². The van der Waals surface area contributed by atoms with Crippen molar-refractivity contribution in [3.05, 3.63) is 71.8 Å². The van der Waals surface area contributed by atoms with E-state index < -0.39 is 0 Å². The molecule has 0 radical (unpaired) electrons. The predicted molar refractivity (Wildman–Crippen MR) is 72.8 cm³/mol. The number of Topliss-reactive ketones (excluding diaryl/α,β-unsaturated/α-hetero) is 1. The Hall–Kier alpha value is -2.42. The highest BCUT2D eigenvalue weighted by atomic mass is 16.1. The molecule has 0 fully saturated rings. The summed E-state index contributed by atoms with van der Waals surface area (Å²) < 4.78 is 0. The molecule has 3 nitrogen and oxygen atoms in total. The van der Waals surface area contributed by atoms with Gasteiger partial charge in [0.2, 0.25) is 5.78 Å². The van der Waals surface area contributed by atoms with Crippen LogP contribution in [0.15, 0.2) is 65.8 Å². The lowest BCUT2D eigenvalue weighted by Gasteiger charge is -2.05. The molecule has 1 N–H and O–H groups in total. The van der Waals surface area contributed by atoms with E-state index >= 15 is 0 Å². The molecule has 3 heteroatoms. The minimum Gasteiger partial charge on any atom is -0.312 e. The number of hydrazone groups is 1. The molecule has 0 saturated carbocycles. The maximum Gasteiger partial charge on any atom is 0.213 e. The fraction of sp³-hybridized carbons (Fsp3) is 0.0667. The van der Waals surface area contributed by atoms with Crippen LogP contribution in [0.2, 0.25) is 0 Å². The first-order chi connectivity index (χ1) is 8.83. The van der Waals surface area contributed by atoms with Crippen molar-refractivity contribution in [3.8, 4) is 0 Å². The molecule has 0 aliphatic rings. The van der Waals surface area contributed by atoms with E-state index in [1.54, 1.807) is 19.2 Å². The standard InChI is InChI=1S/C15H14N2O/c1-16-17-14(12-8-4-2-5-9-12)15(18)13-10-6-3-7-11-13/h2-11,16H,1H3. The van der Waals surface area contributed by atoms with E-state index in [0.717, 1.165) is 5.56 Å². The van der Waals surface area contributed by atoms with Gasteiger partial charge in [-0.3, -0.25) is 4.79 Å². The Labute approximate surface area is 106 Å². The average molecular weight is 238 g/mol. The predicted octanol–water partition coefficient (Wildman–Crippen LogP) is 2.49. The summed E-state index contributed by atoms with van der Waals surface area (Å²) in [6.07, 6.45) is 0. The lowest BCUT2D eigenvalue weighted by molar-refractivity contribution is 0.106. The first kappa shape index (κ1) is 12.0. The molecule has 0 saturated heterocycles. The van der Waals surface area contributed by atoms with E-state index in [2.05, 4.69) is 10.5 Å². The Morgan fingerprint density at radius 1 is 0.889 bits per heavy atom. The van der Waals surface area contributed by atoms with Crippen LogP contribution in [0.4, 0.5) is 0 Å². The number of ketones is 1. The van der Waals surface area contributed by atoms with E-state index in [0.29, 0.717) is 11.3 Å². The van der Waals surface area contributed by atoms with Gasteiger partial charge in [0.05, 0.1) is 0 Å². The van der Waals surface area contributed by atoms with Gasteiger partial charge in [-0.15, -0.1) is 0 Å². The smallest absolute Gasteiger partial charge is 0.213 e. The summed E-state index contributed by atoms with van der Waals surface area (Å²) in [5.74, 6) is -0.0869. The van der Waals surface area contributed by atoms with Crippen LogP contribution in [0, 0.1) is 0 Å². The van der Waals surface area contributed by atoms with Crippen molar-refractivity contribution in [1.82, 2.24) is 5.43 Å². The Morgan fingerprint density at radius 2 is 1.39 bits per heavy atom. The Balaban J connectivity index is 2.39. The Kier molecular flexibility index (Phi) is 3.86. The zero-order valence-electron chi connectivity index (χ0n) is 10.1. The monoisotopic (exact) mass is 238 g/mol. The van der Waals surface area contributed by atoms with Crippen molar-refractivity contribution in [2.24, 2.45) is 5.10 Å². The summed E-state index contributed by atoms with van der Waals surface area (Å²) in [6, 6.07) is 18.6. The van der Waals surface area contributed by atoms with E-state index in [1.165, 1.54) is 0 Å². The summed E-state index contributed by atoms with van der Waals surface area (Å²) in [4.78, 5) is 12.4. The number of nitrogens with one attached hydrogen (secondary N) is 1. The summed E-state index contributed by atoms with van der Waals surface area (Å²) in [5.41, 5.74) is 4.55. The highest BCUT2D eigenvalue weighted by Crippen LogP contribution is 2.08. The molecule has 0 aliphatic heterocycles. The fourth-order valence-electron chi connectivity index (χ4n) is 1.68. The highest BCUT2D eigenvalue weighted by molar-refractivity contribution is 6.51. The van der Waals surface area contributed by atoms with Crippen LogP contribution in [0.25, 0.3) is 0 Å². The van der Waals surface area contributed by atoms with Gasteiger partial charge in [0, 0.05) is 18.2 Å². The van der Waals surface area contributed by atoms with Crippen LogP contribution in [0.5, 0.6) is 0 Å². The third-order valence-corrected chi connectivity index (χ3v) is 2.52. The van der Waals surface area contributed by atoms with Gasteiger partial charge in [-0.1, -0.05) is 60.7 Å². The number of benzene rings is 2. The van der Waals surface area contributed by atoms with Crippen LogP contribution in [-0.2, 0) is 0 Å². The molecule has 18 heavy (non-hydrogen) atoms. The number of nitrogens with zero attached hydrogens (tertiary/aromatic N) is 1. The first-order valence-electron chi connectivity index (χ1n) is 5.72. The van der Waals surface area contributed by atoms with Gasteiger partial charge < -0.3 is 5.43 Å². The Bertz CT molecular complexity index is 547. The number of hydrogen-bond acceptors (Lipinski definition) is 3. The summed E-state index contributed by atoms with van der Waals surface area (Å²) in [6.45, 7) is 0. The minimum atomic E-state index is -0.0869. The molecule has 0 aliphatic carbocycles. The third-order valence-electron chi connectivity index (χ3n) is 2.52. The molecular weight excluding hydrogens is 224 g/mol. The molecule has 2 aromatic carbocycles. The molecule has 2 rings (SSSR count). The second kappa shape index (κ2) is 5.77. The molecule has 0 amide bonds. The zero-order chi connectivity index (χ0) is 12.8. The lowest BCUT2D eigenvalue weighted by atomic mass is 10.0. The average Bonchev–Trinajstić information content (AvgIpc) is 2.46. The van der Waals surface area contributed by atoms with Crippen LogP contribution in [-0.4, -0.2) is 18.5 Å². The molecule has 0 atom stereocenters. The molecular formula is C15H14N2O. The summed E-state index contributed by atoms with van der Waals surface area (Å²) in [5, 5.41) is 4.09. The van der Waals surface area contributed by atoms with Crippen LogP contribution >= 0.6 is 0 Å². The molecule has 0 heterocycles. The third kappa shape index (κ3) is 2.63. The number of carbonyl (C=O) groups excluding carboxylic acids is 1. The summed E-state index contributed by atoms with van der Waals surface area (Å²) >= 11 is 0. The molecule has 90 valence electrons. The number of rotatable bonds is 4. The molecule has 2 aromatic rings. The highest BCUT2D eigenvalue weighted by Gasteiger charge is 2.15. The quantitative estimate of drug-likeness (QED) is 0.505. The lowest BCUT2D eigenvalue weighted by Crippen LogP contribution is -2.18. The van der Waals surface area contributed by atoms with E-state index in [4.69, 9.17) is 0 Å². The van der Waals surface area contributed by atoms with Gasteiger partial charge >= 0.3 is 0 Å². The second-order valence-electron chi connectivity index (χ2n) is 3.75. The number of hydrogen-bond donors (Lipinski definition) is 1. The minimum absolute atomic E-state index is 0.0869. The molecule has 0 bridgehead atoms. The van der Waals surface area contributed by atoms with Crippen molar-refractivity contribution in [2.75, 3.05) is 7.05 Å².